The lowest BCUT2D eigenvalue weighted by Gasteiger charge is -2.05. The third-order valence-electron chi connectivity index (χ3n) is 1.72. The van der Waals surface area contributed by atoms with E-state index in [1.54, 1.807) is 0 Å². The molecule has 0 spiro atoms. The molecule has 5 nitrogen and oxygen atoms in total. The SMILES string of the molecule is COCCOC(=O)c1ccc(O)cc1O. The lowest BCUT2D eigenvalue weighted by atomic mass is 10.2. The second-order valence-corrected chi connectivity index (χ2v) is 2.83. The Hall–Kier alpha value is -1.75. The van der Waals surface area contributed by atoms with E-state index in [1.807, 2.05) is 0 Å². The van der Waals surface area contributed by atoms with Crippen molar-refractivity contribution in [3.05, 3.63) is 23.8 Å². The molecule has 5 heteroatoms. The Kier molecular flexibility index (Phi) is 3.93. The van der Waals surface area contributed by atoms with Gasteiger partial charge >= 0.3 is 5.97 Å². The normalized spacial score (nSPS) is 9.93. The minimum Gasteiger partial charge on any atom is -0.508 e. The van der Waals surface area contributed by atoms with Crippen LogP contribution in [-0.2, 0) is 9.47 Å². The molecule has 1 aromatic rings. The molecule has 0 bridgehead atoms. The second-order valence-electron chi connectivity index (χ2n) is 2.83. The van der Waals surface area contributed by atoms with E-state index in [1.165, 1.54) is 19.2 Å². The second kappa shape index (κ2) is 5.21. The van der Waals surface area contributed by atoms with Gasteiger partial charge in [-0.2, -0.15) is 0 Å². The van der Waals surface area contributed by atoms with Crippen LogP contribution in [-0.4, -0.2) is 36.5 Å². The van der Waals surface area contributed by atoms with Crippen LogP contribution < -0.4 is 0 Å². The first-order chi connectivity index (χ1) is 7.15. The van der Waals surface area contributed by atoms with Gasteiger partial charge in [0.1, 0.15) is 23.7 Å². The summed E-state index contributed by atoms with van der Waals surface area (Å²) < 4.78 is 9.48. The predicted octanol–water partition coefficient (Wildman–Crippen LogP) is 0.901. The molecule has 1 aromatic carbocycles. The van der Waals surface area contributed by atoms with Crippen molar-refractivity contribution in [1.82, 2.24) is 0 Å². The number of ether oxygens (including phenoxy) is 2. The van der Waals surface area contributed by atoms with E-state index in [2.05, 4.69) is 0 Å². The molecule has 0 aliphatic rings. The zero-order valence-electron chi connectivity index (χ0n) is 8.27. The quantitative estimate of drug-likeness (QED) is 0.572. The number of phenols is 2. The fraction of sp³-hybridized carbons (Fsp3) is 0.300. The maximum atomic E-state index is 11.3. The van der Waals surface area contributed by atoms with Gasteiger partial charge in [0.25, 0.3) is 0 Å². The van der Waals surface area contributed by atoms with E-state index >= 15 is 0 Å². The Bertz CT molecular complexity index is 348. The Balaban J connectivity index is 2.65. The van der Waals surface area contributed by atoms with Crippen LogP contribution in [0.1, 0.15) is 10.4 Å². The van der Waals surface area contributed by atoms with Gasteiger partial charge in [-0.3, -0.25) is 0 Å². The molecule has 2 N–H and O–H groups in total. The fourth-order valence-electron chi connectivity index (χ4n) is 0.988. The van der Waals surface area contributed by atoms with Crippen molar-refractivity contribution >= 4 is 5.97 Å². The molecule has 1 rings (SSSR count). The van der Waals surface area contributed by atoms with Crippen LogP contribution in [0.4, 0.5) is 0 Å². The fourth-order valence-corrected chi connectivity index (χ4v) is 0.988. The van der Waals surface area contributed by atoms with Crippen LogP contribution in [0.15, 0.2) is 18.2 Å². The molecule has 82 valence electrons. The summed E-state index contributed by atoms with van der Waals surface area (Å²) in [6.45, 7) is 0.417. The summed E-state index contributed by atoms with van der Waals surface area (Å²) >= 11 is 0. The van der Waals surface area contributed by atoms with Crippen LogP contribution in [0.3, 0.4) is 0 Å². The monoisotopic (exact) mass is 212 g/mol. The molecule has 0 heterocycles. The first kappa shape index (κ1) is 11.3. The first-order valence-corrected chi connectivity index (χ1v) is 4.33. The van der Waals surface area contributed by atoms with Crippen molar-refractivity contribution in [1.29, 1.82) is 0 Å². The average Bonchev–Trinajstić information content (AvgIpc) is 2.17. The Morgan fingerprint density at radius 1 is 1.33 bits per heavy atom. The number of benzene rings is 1. The predicted molar refractivity (Wildman–Crippen MR) is 51.9 cm³/mol. The summed E-state index contributed by atoms with van der Waals surface area (Å²) in [6, 6.07) is 3.67. The molecule has 0 saturated carbocycles. The van der Waals surface area contributed by atoms with Gasteiger partial charge in [-0.15, -0.1) is 0 Å². The molecule has 0 aromatic heterocycles. The zero-order chi connectivity index (χ0) is 11.3. The molecule has 0 radical (unpaired) electrons. The standard InChI is InChI=1S/C10H12O5/c1-14-4-5-15-10(13)8-3-2-7(11)6-9(8)12/h2-3,6,11-12H,4-5H2,1H3. The maximum absolute atomic E-state index is 11.3. The summed E-state index contributed by atoms with van der Waals surface area (Å²) in [5.74, 6) is -1.07. The number of aromatic hydroxyl groups is 2. The van der Waals surface area contributed by atoms with Crippen LogP contribution in [0.25, 0.3) is 0 Å². The van der Waals surface area contributed by atoms with Crippen LogP contribution in [0, 0.1) is 0 Å². The Labute approximate surface area is 86.9 Å². The smallest absolute Gasteiger partial charge is 0.341 e. The van der Waals surface area contributed by atoms with Crippen molar-refractivity contribution in [2.45, 2.75) is 0 Å². The lowest BCUT2D eigenvalue weighted by Crippen LogP contribution is -2.09. The average molecular weight is 212 g/mol. The minimum atomic E-state index is -0.649. The van der Waals surface area contributed by atoms with Gasteiger partial charge in [0, 0.05) is 13.2 Å². The number of carbonyl (C=O) groups excluding carboxylic acids is 1. The van der Waals surface area contributed by atoms with Crippen LogP contribution in [0.5, 0.6) is 11.5 Å². The van der Waals surface area contributed by atoms with Gasteiger partial charge in [-0.05, 0) is 12.1 Å². The number of methoxy groups -OCH3 is 1. The lowest BCUT2D eigenvalue weighted by molar-refractivity contribution is 0.0385. The first-order valence-electron chi connectivity index (χ1n) is 4.33. The molecular weight excluding hydrogens is 200 g/mol. The van der Waals surface area contributed by atoms with E-state index in [0.717, 1.165) is 6.07 Å². The number of hydrogen-bond acceptors (Lipinski definition) is 5. The van der Waals surface area contributed by atoms with Crippen molar-refractivity contribution in [2.75, 3.05) is 20.3 Å². The Morgan fingerprint density at radius 2 is 2.07 bits per heavy atom. The van der Waals surface area contributed by atoms with Crippen molar-refractivity contribution in [3.8, 4) is 11.5 Å². The minimum absolute atomic E-state index is 0.0175. The van der Waals surface area contributed by atoms with Crippen LogP contribution in [0.2, 0.25) is 0 Å². The highest BCUT2D eigenvalue weighted by Gasteiger charge is 2.12. The molecule has 15 heavy (non-hydrogen) atoms. The van der Waals surface area contributed by atoms with Crippen molar-refractivity contribution in [3.63, 3.8) is 0 Å². The van der Waals surface area contributed by atoms with E-state index in [0.29, 0.717) is 6.61 Å². The van der Waals surface area contributed by atoms with Crippen molar-refractivity contribution in [2.24, 2.45) is 0 Å². The van der Waals surface area contributed by atoms with Gasteiger partial charge in [-0.1, -0.05) is 0 Å². The van der Waals surface area contributed by atoms with Gasteiger partial charge < -0.3 is 19.7 Å². The van der Waals surface area contributed by atoms with E-state index in [9.17, 15) is 9.90 Å². The van der Waals surface area contributed by atoms with E-state index in [4.69, 9.17) is 14.6 Å². The molecule has 0 amide bonds. The number of carbonyl (C=O) groups is 1. The summed E-state index contributed by atoms with van der Waals surface area (Å²) in [7, 11) is 1.49. The highest BCUT2D eigenvalue weighted by molar-refractivity contribution is 5.92. The third kappa shape index (κ3) is 3.14. The topological polar surface area (TPSA) is 76.0 Å². The van der Waals surface area contributed by atoms with E-state index in [-0.39, 0.29) is 23.7 Å². The molecule has 0 saturated heterocycles. The number of esters is 1. The Morgan fingerprint density at radius 3 is 2.67 bits per heavy atom. The van der Waals surface area contributed by atoms with Gasteiger partial charge in [0.15, 0.2) is 0 Å². The number of hydrogen-bond donors (Lipinski definition) is 2. The molecule has 0 fully saturated rings. The zero-order valence-corrected chi connectivity index (χ0v) is 8.27. The number of phenolic OH excluding ortho intramolecular Hbond substituents is 2. The maximum Gasteiger partial charge on any atom is 0.341 e. The van der Waals surface area contributed by atoms with Crippen molar-refractivity contribution < 1.29 is 24.5 Å². The largest absolute Gasteiger partial charge is 0.508 e. The summed E-state index contributed by atoms with van der Waals surface area (Å²) in [5, 5.41) is 18.3. The molecule has 0 aliphatic carbocycles. The molecule has 0 unspecified atom stereocenters. The summed E-state index contributed by atoms with van der Waals surface area (Å²) in [6.07, 6.45) is 0. The molecular formula is C10H12O5. The van der Waals surface area contributed by atoms with Gasteiger partial charge in [-0.25, -0.2) is 4.79 Å². The van der Waals surface area contributed by atoms with E-state index < -0.39 is 5.97 Å². The summed E-state index contributed by atoms with van der Waals surface area (Å²) in [5.41, 5.74) is 0.0175. The molecule has 0 aliphatic heterocycles. The third-order valence-corrected chi connectivity index (χ3v) is 1.72. The van der Waals surface area contributed by atoms with Crippen LogP contribution >= 0.6 is 0 Å². The highest BCUT2D eigenvalue weighted by Crippen LogP contribution is 2.22. The highest BCUT2D eigenvalue weighted by atomic mass is 16.6. The number of rotatable bonds is 4. The summed E-state index contributed by atoms with van der Waals surface area (Å²) in [4.78, 5) is 11.3. The van der Waals surface area contributed by atoms with Gasteiger partial charge in [0.2, 0.25) is 0 Å². The molecule has 0 atom stereocenters. The van der Waals surface area contributed by atoms with Gasteiger partial charge in [0.05, 0.1) is 6.61 Å².